The molecule has 0 radical (unpaired) electrons. The third-order valence-corrected chi connectivity index (χ3v) is 19.1. The van der Waals surface area contributed by atoms with Crippen LogP contribution in [0.25, 0.3) is 0 Å². The van der Waals surface area contributed by atoms with Crippen LogP contribution in [0.5, 0.6) is 0 Å². The summed E-state index contributed by atoms with van der Waals surface area (Å²) < 4.78 is 0. The van der Waals surface area contributed by atoms with Gasteiger partial charge in [-0.3, -0.25) is 4.79 Å². The normalized spacial score (nSPS) is 11.7. The number of carboxylic acids is 1. The van der Waals surface area contributed by atoms with E-state index in [9.17, 15) is 4.79 Å². The van der Waals surface area contributed by atoms with Crippen LogP contribution in [0.3, 0.4) is 0 Å². The quantitative estimate of drug-likeness (QED) is 0.0597. The molecule has 0 spiro atoms. The highest BCUT2D eigenvalue weighted by molar-refractivity contribution is 5.66. The Bertz CT molecular complexity index is 1080. The smallest absolute Gasteiger partial charge is 0.303 e. The van der Waals surface area contributed by atoms with Gasteiger partial charge in [-0.05, 0) is 19.4 Å². The number of carbonyl (C=O) groups is 1. The maximum absolute atomic E-state index is 10.5. The molecular formula is C78H157NO2. The van der Waals surface area contributed by atoms with E-state index in [0.717, 1.165) is 19.4 Å². The molecule has 0 aromatic heterocycles. The van der Waals surface area contributed by atoms with Crippen molar-refractivity contribution in [1.29, 1.82) is 0 Å². The Balaban J connectivity index is 3.08. The van der Waals surface area contributed by atoms with Gasteiger partial charge in [0.1, 0.15) is 0 Å². The van der Waals surface area contributed by atoms with Crippen LogP contribution in [-0.2, 0) is 4.79 Å². The molecule has 0 aromatic carbocycles. The van der Waals surface area contributed by atoms with E-state index in [1.807, 2.05) is 0 Å². The summed E-state index contributed by atoms with van der Waals surface area (Å²) in [6.07, 6.45) is 109. The van der Waals surface area contributed by atoms with Crippen LogP contribution in [0.4, 0.5) is 0 Å². The fourth-order valence-electron chi connectivity index (χ4n) is 13.3. The van der Waals surface area contributed by atoms with E-state index in [4.69, 9.17) is 10.8 Å². The molecule has 0 aliphatic carbocycles. The minimum Gasteiger partial charge on any atom is -0.481 e. The Kier molecular flexibility index (Phi) is 76.9. The lowest BCUT2D eigenvalue weighted by Crippen LogP contribution is -1.97. The van der Waals surface area contributed by atoms with E-state index in [1.54, 1.807) is 0 Å². The number of carboxylic acid groups (broad SMARTS) is 1. The van der Waals surface area contributed by atoms with Gasteiger partial charge in [-0.25, -0.2) is 0 Å². The van der Waals surface area contributed by atoms with Gasteiger partial charge in [-0.1, -0.05) is 469 Å². The van der Waals surface area contributed by atoms with Gasteiger partial charge in [0.2, 0.25) is 0 Å². The summed E-state index contributed by atoms with van der Waals surface area (Å²) in [5.74, 6) is -0.645. The van der Waals surface area contributed by atoms with Gasteiger partial charge in [0, 0.05) is 6.42 Å². The number of hydrogen-bond acceptors (Lipinski definition) is 2. The van der Waals surface area contributed by atoms with E-state index < -0.39 is 5.97 Å². The Morgan fingerprint density at radius 3 is 0.296 bits per heavy atom. The van der Waals surface area contributed by atoms with Crippen LogP contribution in [0.1, 0.15) is 488 Å². The van der Waals surface area contributed by atoms with Gasteiger partial charge in [-0.2, -0.15) is 0 Å². The predicted octanol–water partition coefficient (Wildman–Crippen LogP) is 28.7. The van der Waals surface area contributed by atoms with Crippen molar-refractivity contribution in [3.05, 3.63) is 0 Å². The topological polar surface area (TPSA) is 63.3 Å². The number of aliphatic carboxylic acids is 1. The van der Waals surface area contributed by atoms with E-state index >= 15 is 0 Å². The first-order valence-corrected chi connectivity index (χ1v) is 39.2. The minimum absolute atomic E-state index is 0.347. The molecule has 3 heteroatoms. The summed E-state index contributed by atoms with van der Waals surface area (Å²) in [7, 11) is 0. The first-order chi connectivity index (χ1) is 40.3. The largest absolute Gasteiger partial charge is 0.481 e. The lowest BCUT2D eigenvalue weighted by atomic mass is 10.0. The average Bonchev–Trinajstić information content (AvgIpc) is 3.47. The van der Waals surface area contributed by atoms with Crippen molar-refractivity contribution in [3.63, 3.8) is 0 Å². The maximum Gasteiger partial charge on any atom is 0.303 e. The first-order valence-electron chi connectivity index (χ1n) is 39.2. The second-order valence-electron chi connectivity index (χ2n) is 27.4. The minimum atomic E-state index is -0.645. The highest BCUT2D eigenvalue weighted by Gasteiger charge is 2.02. The van der Waals surface area contributed by atoms with E-state index in [0.29, 0.717) is 6.42 Å². The molecule has 486 valence electrons. The fourth-order valence-corrected chi connectivity index (χ4v) is 13.3. The molecule has 0 aliphatic heterocycles. The van der Waals surface area contributed by atoms with Crippen molar-refractivity contribution in [3.8, 4) is 0 Å². The van der Waals surface area contributed by atoms with Gasteiger partial charge < -0.3 is 10.8 Å². The Morgan fingerprint density at radius 1 is 0.148 bits per heavy atom. The molecule has 0 unspecified atom stereocenters. The Morgan fingerprint density at radius 2 is 0.222 bits per heavy atom. The SMILES string of the molecule is NCCCCCCCCCCCCCCCCCCCCCCCCCCCCCCCCCCCCCCCCCCCCCCCCCCCCCCCCCCCCCCCCCCCCCCCCCCCCCC(=O)O. The summed E-state index contributed by atoms with van der Waals surface area (Å²) in [5, 5.41) is 8.69. The van der Waals surface area contributed by atoms with Crippen molar-refractivity contribution in [2.45, 2.75) is 488 Å². The predicted molar refractivity (Wildman–Crippen MR) is 368 cm³/mol. The highest BCUT2D eigenvalue weighted by atomic mass is 16.4. The Hall–Kier alpha value is -0.570. The molecule has 0 saturated heterocycles. The fraction of sp³-hybridized carbons (Fsp3) is 0.987. The number of rotatable bonds is 77. The van der Waals surface area contributed by atoms with Gasteiger partial charge in [0.15, 0.2) is 0 Å². The molecule has 81 heavy (non-hydrogen) atoms. The lowest BCUT2D eigenvalue weighted by Gasteiger charge is -2.05. The molecule has 0 heterocycles. The zero-order valence-corrected chi connectivity index (χ0v) is 56.4. The molecule has 0 atom stereocenters. The number of unbranched alkanes of at least 4 members (excludes halogenated alkanes) is 74. The molecule has 0 amide bonds. The average molecular weight is 1140 g/mol. The molecular weight excluding hydrogens is 983 g/mol. The van der Waals surface area contributed by atoms with Crippen molar-refractivity contribution in [1.82, 2.24) is 0 Å². The zero-order valence-electron chi connectivity index (χ0n) is 56.4. The van der Waals surface area contributed by atoms with E-state index in [-0.39, 0.29) is 0 Å². The van der Waals surface area contributed by atoms with Gasteiger partial charge in [0.25, 0.3) is 0 Å². The van der Waals surface area contributed by atoms with E-state index in [2.05, 4.69) is 0 Å². The van der Waals surface area contributed by atoms with E-state index in [1.165, 1.54) is 469 Å². The van der Waals surface area contributed by atoms with Crippen LogP contribution in [0, 0.1) is 0 Å². The van der Waals surface area contributed by atoms with Crippen molar-refractivity contribution in [2.75, 3.05) is 6.54 Å². The summed E-state index contributed by atoms with van der Waals surface area (Å²) in [6, 6.07) is 0. The second kappa shape index (κ2) is 77.4. The highest BCUT2D eigenvalue weighted by Crippen LogP contribution is 2.21. The molecule has 0 bridgehead atoms. The number of hydrogen-bond donors (Lipinski definition) is 2. The summed E-state index contributed by atoms with van der Waals surface area (Å²) in [6.45, 7) is 0.873. The third-order valence-electron chi connectivity index (χ3n) is 19.1. The molecule has 0 saturated carbocycles. The molecule has 0 fully saturated rings. The summed E-state index contributed by atoms with van der Waals surface area (Å²) in [4.78, 5) is 10.5. The zero-order chi connectivity index (χ0) is 58.0. The Labute approximate surface area is 513 Å². The summed E-state index contributed by atoms with van der Waals surface area (Å²) in [5.41, 5.74) is 5.58. The van der Waals surface area contributed by atoms with Gasteiger partial charge in [-0.15, -0.1) is 0 Å². The summed E-state index contributed by atoms with van der Waals surface area (Å²) >= 11 is 0. The van der Waals surface area contributed by atoms with Crippen LogP contribution in [0.2, 0.25) is 0 Å². The van der Waals surface area contributed by atoms with Crippen molar-refractivity contribution < 1.29 is 9.90 Å². The van der Waals surface area contributed by atoms with Crippen LogP contribution in [-0.4, -0.2) is 17.6 Å². The van der Waals surface area contributed by atoms with Crippen LogP contribution < -0.4 is 5.73 Å². The van der Waals surface area contributed by atoms with Crippen molar-refractivity contribution in [2.24, 2.45) is 5.73 Å². The standard InChI is InChI=1S/C78H157NO2/c79-77-75-73-71-69-67-65-63-61-59-57-55-53-51-49-47-45-43-41-39-37-35-33-31-29-27-25-23-21-19-17-15-13-11-9-7-5-3-1-2-4-6-8-10-12-14-16-18-20-22-24-26-28-30-32-34-36-38-40-42-44-46-48-50-52-54-56-58-60-62-64-66-68-70-72-74-76-78(80)81/h1-77,79H2,(H,80,81). The van der Waals surface area contributed by atoms with Crippen LogP contribution >= 0.6 is 0 Å². The third kappa shape index (κ3) is 79.4. The second-order valence-corrected chi connectivity index (χ2v) is 27.4. The lowest BCUT2D eigenvalue weighted by molar-refractivity contribution is -0.137. The maximum atomic E-state index is 10.5. The van der Waals surface area contributed by atoms with Crippen LogP contribution in [0.15, 0.2) is 0 Å². The molecule has 3 nitrogen and oxygen atoms in total. The van der Waals surface area contributed by atoms with Gasteiger partial charge in [0.05, 0.1) is 0 Å². The monoisotopic (exact) mass is 1140 g/mol. The number of nitrogens with two attached hydrogens (primary N) is 1. The molecule has 0 rings (SSSR count). The molecule has 3 N–H and O–H groups in total. The first kappa shape index (κ1) is 80.4. The van der Waals surface area contributed by atoms with Gasteiger partial charge >= 0.3 is 5.97 Å². The molecule has 0 aliphatic rings. The molecule has 0 aromatic rings. The van der Waals surface area contributed by atoms with Crippen molar-refractivity contribution >= 4 is 5.97 Å².